The van der Waals surface area contributed by atoms with Gasteiger partial charge in [0.2, 0.25) is 0 Å². The monoisotopic (exact) mass is 246 g/mol. The van der Waals surface area contributed by atoms with E-state index in [1.54, 1.807) is 0 Å². The molecule has 0 saturated heterocycles. The molecule has 98 valence electrons. The van der Waals surface area contributed by atoms with E-state index in [9.17, 15) is 0 Å². The Morgan fingerprint density at radius 2 is 2.17 bits per heavy atom. The molecule has 0 aromatic heterocycles. The molecule has 0 saturated carbocycles. The van der Waals surface area contributed by atoms with Gasteiger partial charge in [0.05, 0.1) is 0 Å². The molecule has 1 N–H and O–H groups in total. The number of nitrogens with zero attached hydrogens (tertiary/aromatic N) is 1. The van der Waals surface area contributed by atoms with Crippen molar-refractivity contribution in [1.82, 2.24) is 10.2 Å². The van der Waals surface area contributed by atoms with Crippen LogP contribution < -0.4 is 10.1 Å². The van der Waals surface area contributed by atoms with Gasteiger partial charge in [-0.3, -0.25) is 0 Å². The molecule has 0 radical (unpaired) electrons. The third kappa shape index (κ3) is 5.22. The maximum atomic E-state index is 5.50. The summed E-state index contributed by atoms with van der Waals surface area (Å²) in [6.45, 7) is 6.36. The maximum absolute atomic E-state index is 5.50. The van der Waals surface area contributed by atoms with E-state index in [1.807, 2.05) is 18.2 Å². The first-order valence-electron chi connectivity index (χ1n) is 6.31. The number of nitrogens with one attached hydrogen (secondary N) is 1. The summed E-state index contributed by atoms with van der Waals surface area (Å²) in [5.74, 6) is 3.35. The third-order valence-electron chi connectivity index (χ3n) is 2.81. The minimum Gasteiger partial charge on any atom is -0.481 e. The van der Waals surface area contributed by atoms with E-state index in [4.69, 9.17) is 11.2 Å². The molecule has 3 heteroatoms. The number of para-hydroxylation sites is 1. The highest BCUT2D eigenvalue weighted by atomic mass is 16.5. The lowest BCUT2D eigenvalue weighted by Gasteiger charge is -2.15. The van der Waals surface area contributed by atoms with Crippen LogP contribution in [0.5, 0.6) is 5.75 Å². The van der Waals surface area contributed by atoms with E-state index < -0.39 is 0 Å². The van der Waals surface area contributed by atoms with E-state index in [2.05, 4.69) is 36.2 Å². The van der Waals surface area contributed by atoms with Crippen molar-refractivity contribution in [1.29, 1.82) is 0 Å². The van der Waals surface area contributed by atoms with E-state index in [0.29, 0.717) is 6.61 Å². The molecule has 0 aliphatic carbocycles. The van der Waals surface area contributed by atoms with Gasteiger partial charge in [-0.05, 0) is 19.7 Å². The molecule has 1 aromatic carbocycles. The van der Waals surface area contributed by atoms with Crippen LogP contribution in [0.3, 0.4) is 0 Å². The summed E-state index contributed by atoms with van der Waals surface area (Å²) in [4.78, 5) is 2.27. The van der Waals surface area contributed by atoms with Crippen molar-refractivity contribution in [3.05, 3.63) is 29.8 Å². The molecule has 0 unspecified atom stereocenters. The van der Waals surface area contributed by atoms with Crippen LogP contribution >= 0.6 is 0 Å². The van der Waals surface area contributed by atoms with Crippen LogP contribution in [0.25, 0.3) is 0 Å². The van der Waals surface area contributed by atoms with Gasteiger partial charge in [0.25, 0.3) is 0 Å². The minimum atomic E-state index is 0.315. The Morgan fingerprint density at radius 3 is 2.89 bits per heavy atom. The van der Waals surface area contributed by atoms with Crippen LogP contribution in [0.1, 0.15) is 12.5 Å². The Hall–Kier alpha value is -1.50. The summed E-state index contributed by atoms with van der Waals surface area (Å²) in [6, 6.07) is 7.98. The van der Waals surface area contributed by atoms with Crippen LogP contribution in [-0.4, -0.2) is 38.2 Å². The molecule has 0 atom stereocenters. The van der Waals surface area contributed by atoms with Crippen LogP contribution in [0.2, 0.25) is 0 Å². The zero-order chi connectivity index (χ0) is 13.2. The first-order valence-corrected chi connectivity index (χ1v) is 6.31. The van der Waals surface area contributed by atoms with Crippen molar-refractivity contribution < 1.29 is 4.74 Å². The summed E-state index contributed by atoms with van der Waals surface area (Å²) in [7, 11) is 2.12. The molecular weight excluding hydrogens is 224 g/mol. The Kier molecular flexibility index (Phi) is 6.93. The second-order valence-electron chi connectivity index (χ2n) is 4.17. The van der Waals surface area contributed by atoms with Crippen molar-refractivity contribution in [2.24, 2.45) is 0 Å². The number of rotatable bonds is 8. The van der Waals surface area contributed by atoms with Crippen LogP contribution in [-0.2, 0) is 6.54 Å². The highest BCUT2D eigenvalue weighted by Crippen LogP contribution is 2.17. The SMILES string of the molecule is C#CCOc1ccccc1CNCCN(C)CC. The lowest BCUT2D eigenvalue weighted by atomic mass is 10.2. The number of ether oxygens (including phenoxy) is 1. The summed E-state index contributed by atoms with van der Waals surface area (Å²) in [5, 5.41) is 3.41. The van der Waals surface area contributed by atoms with Crippen molar-refractivity contribution in [3.8, 4) is 18.1 Å². The van der Waals surface area contributed by atoms with E-state index in [1.165, 1.54) is 0 Å². The number of hydrogen-bond donors (Lipinski definition) is 1. The normalized spacial score (nSPS) is 10.3. The van der Waals surface area contributed by atoms with E-state index in [0.717, 1.165) is 37.5 Å². The van der Waals surface area contributed by atoms with Gasteiger partial charge in [-0.1, -0.05) is 31.0 Å². The van der Waals surface area contributed by atoms with Gasteiger partial charge in [-0.15, -0.1) is 6.42 Å². The quantitative estimate of drug-likeness (QED) is 0.558. The highest BCUT2D eigenvalue weighted by Gasteiger charge is 2.02. The van der Waals surface area contributed by atoms with Gasteiger partial charge >= 0.3 is 0 Å². The van der Waals surface area contributed by atoms with Gasteiger partial charge in [-0.25, -0.2) is 0 Å². The van der Waals surface area contributed by atoms with Crippen molar-refractivity contribution in [2.75, 3.05) is 33.3 Å². The van der Waals surface area contributed by atoms with Gasteiger partial charge in [0.1, 0.15) is 12.4 Å². The largest absolute Gasteiger partial charge is 0.481 e. The summed E-state index contributed by atoms with van der Waals surface area (Å²) < 4.78 is 5.50. The fourth-order valence-electron chi connectivity index (χ4n) is 1.56. The first kappa shape index (κ1) is 14.6. The fraction of sp³-hybridized carbons (Fsp3) is 0.467. The molecule has 0 spiro atoms. The van der Waals surface area contributed by atoms with E-state index in [-0.39, 0.29) is 0 Å². The second-order valence-corrected chi connectivity index (χ2v) is 4.17. The molecule has 0 heterocycles. The Labute approximate surface area is 110 Å². The Morgan fingerprint density at radius 1 is 1.39 bits per heavy atom. The van der Waals surface area contributed by atoms with Crippen LogP contribution in [0.15, 0.2) is 24.3 Å². The van der Waals surface area contributed by atoms with Crippen LogP contribution in [0.4, 0.5) is 0 Å². The molecule has 1 aromatic rings. The van der Waals surface area contributed by atoms with Crippen molar-refractivity contribution in [3.63, 3.8) is 0 Å². The van der Waals surface area contributed by atoms with Gasteiger partial charge in [-0.2, -0.15) is 0 Å². The molecular formula is C15H22N2O. The first-order chi connectivity index (χ1) is 8.77. The summed E-state index contributed by atoms with van der Waals surface area (Å²) in [6.07, 6.45) is 5.20. The lowest BCUT2D eigenvalue weighted by molar-refractivity contribution is 0.345. The zero-order valence-electron chi connectivity index (χ0n) is 11.3. The zero-order valence-corrected chi connectivity index (χ0v) is 11.3. The lowest BCUT2D eigenvalue weighted by Crippen LogP contribution is -2.28. The third-order valence-corrected chi connectivity index (χ3v) is 2.81. The number of hydrogen-bond acceptors (Lipinski definition) is 3. The van der Waals surface area contributed by atoms with Gasteiger partial charge in [0.15, 0.2) is 0 Å². The van der Waals surface area contributed by atoms with Gasteiger partial charge in [0, 0.05) is 25.2 Å². The Bertz CT molecular complexity index is 384. The summed E-state index contributed by atoms with van der Waals surface area (Å²) in [5.41, 5.74) is 1.15. The minimum absolute atomic E-state index is 0.315. The average Bonchev–Trinajstić information content (AvgIpc) is 2.42. The smallest absolute Gasteiger partial charge is 0.148 e. The molecule has 0 fully saturated rings. The predicted molar refractivity (Wildman–Crippen MR) is 75.6 cm³/mol. The van der Waals surface area contributed by atoms with Crippen molar-refractivity contribution in [2.45, 2.75) is 13.5 Å². The summed E-state index contributed by atoms with van der Waals surface area (Å²) >= 11 is 0. The topological polar surface area (TPSA) is 24.5 Å². The average molecular weight is 246 g/mol. The fourth-order valence-corrected chi connectivity index (χ4v) is 1.56. The molecule has 0 aliphatic rings. The molecule has 3 nitrogen and oxygen atoms in total. The van der Waals surface area contributed by atoms with E-state index >= 15 is 0 Å². The number of benzene rings is 1. The molecule has 1 rings (SSSR count). The predicted octanol–water partition coefficient (Wildman–Crippen LogP) is 1.74. The second kappa shape index (κ2) is 8.57. The standard InChI is InChI=1S/C15H22N2O/c1-4-12-18-15-9-7-6-8-14(15)13-16-10-11-17(3)5-2/h1,6-9,16H,5,10-13H2,2-3H3. The highest BCUT2D eigenvalue weighted by molar-refractivity contribution is 5.33. The molecule has 0 aliphatic heterocycles. The molecule has 18 heavy (non-hydrogen) atoms. The number of likely N-dealkylation sites (N-methyl/N-ethyl adjacent to an activating group) is 1. The van der Waals surface area contributed by atoms with Crippen molar-refractivity contribution >= 4 is 0 Å². The maximum Gasteiger partial charge on any atom is 0.148 e. The Balaban J connectivity index is 2.39. The molecule has 0 bridgehead atoms. The molecule has 0 amide bonds. The van der Waals surface area contributed by atoms with Gasteiger partial charge < -0.3 is 15.0 Å². The van der Waals surface area contributed by atoms with Crippen LogP contribution in [0, 0.1) is 12.3 Å². The number of terminal acetylenes is 1.